The minimum Gasteiger partial charge on any atom is -0.475 e. The van der Waals surface area contributed by atoms with Crippen LogP contribution < -0.4 is 5.32 Å². The van der Waals surface area contributed by atoms with Gasteiger partial charge in [0.1, 0.15) is 0 Å². The zero-order chi connectivity index (χ0) is 18.0. The number of nitrogens with one attached hydrogen (secondary N) is 1. The van der Waals surface area contributed by atoms with Crippen LogP contribution in [0.4, 0.5) is 17.6 Å². The minimum absolute atomic E-state index is 0.439. The molecule has 2 N–H and O–H groups in total. The molecule has 2 unspecified atom stereocenters. The van der Waals surface area contributed by atoms with E-state index < -0.39 is 23.7 Å². The van der Waals surface area contributed by atoms with Crippen LogP contribution in [-0.2, 0) is 9.59 Å². The highest BCUT2D eigenvalue weighted by molar-refractivity contribution is 6.29. The van der Waals surface area contributed by atoms with E-state index in [-0.39, 0.29) is 0 Å². The molecule has 2 atom stereocenters. The molecule has 1 aliphatic heterocycles. The van der Waals surface area contributed by atoms with Crippen molar-refractivity contribution >= 4 is 23.5 Å². The Bertz CT molecular complexity index is 375. The molecule has 1 heterocycles. The Kier molecular flexibility index (Phi) is 10.1. The number of hydrogen-bond acceptors (Lipinski definition) is 3. The van der Waals surface area contributed by atoms with Gasteiger partial charge in [0.15, 0.2) is 0 Å². The highest BCUT2D eigenvalue weighted by Gasteiger charge is 2.38. The maximum absolute atomic E-state index is 12.3. The molecule has 1 aliphatic rings. The van der Waals surface area contributed by atoms with Crippen LogP contribution in [0.2, 0.25) is 0 Å². The molecule has 0 bridgehead atoms. The Labute approximate surface area is 137 Å². The van der Waals surface area contributed by atoms with Crippen molar-refractivity contribution in [1.82, 2.24) is 10.2 Å². The predicted molar refractivity (Wildman–Crippen MR) is 77.0 cm³/mol. The van der Waals surface area contributed by atoms with Crippen LogP contribution in [0.5, 0.6) is 0 Å². The van der Waals surface area contributed by atoms with Gasteiger partial charge in [-0.1, -0.05) is 18.0 Å². The van der Waals surface area contributed by atoms with Gasteiger partial charge in [-0.25, -0.2) is 9.18 Å². The lowest BCUT2D eigenvalue weighted by Gasteiger charge is -2.32. The second kappa shape index (κ2) is 10.6. The van der Waals surface area contributed by atoms with E-state index in [4.69, 9.17) is 21.5 Å². The van der Waals surface area contributed by atoms with Gasteiger partial charge in [0.05, 0.1) is 0 Å². The van der Waals surface area contributed by atoms with Gasteiger partial charge in [0.2, 0.25) is 0 Å². The average molecular weight is 365 g/mol. The summed E-state index contributed by atoms with van der Waals surface area (Å²) >= 11 is 5.00. The highest BCUT2D eigenvalue weighted by Crippen LogP contribution is 2.14. The molecule has 0 saturated carbocycles. The maximum atomic E-state index is 12.3. The van der Waals surface area contributed by atoms with Gasteiger partial charge in [-0.2, -0.15) is 13.2 Å². The number of amides is 1. The third-order valence-electron chi connectivity index (χ3n) is 3.32. The van der Waals surface area contributed by atoms with E-state index in [1.54, 1.807) is 0 Å². The van der Waals surface area contributed by atoms with Crippen LogP contribution in [-0.4, -0.2) is 59.4 Å². The zero-order valence-corrected chi connectivity index (χ0v) is 13.5. The van der Waals surface area contributed by atoms with E-state index in [1.165, 1.54) is 19.3 Å². The number of nitrogens with zero attached hydrogens (tertiary/aromatic N) is 1. The molecule has 1 saturated heterocycles. The van der Waals surface area contributed by atoms with E-state index in [1.807, 2.05) is 0 Å². The molecule has 0 aromatic carbocycles. The summed E-state index contributed by atoms with van der Waals surface area (Å²) in [5.74, 6) is -3.49. The van der Waals surface area contributed by atoms with Gasteiger partial charge < -0.3 is 15.3 Å². The SMILES string of the molecule is CC(CCNC(=O)C(F)Cl)N1CCCCC1.O=C(O)C(F)(F)F. The van der Waals surface area contributed by atoms with Crippen LogP contribution in [0.25, 0.3) is 0 Å². The summed E-state index contributed by atoms with van der Waals surface area (Å²) < 4.78 is 44.1. The van der Waals surface area contributed by atoms with Crippen molar-refractivity contribution in [3.8, 4) is 0 Å². The van der Waals surface area contributed by atoms with Gasteiger partial charge in [0.25, 0.3) is 11.5 Å². The van der Waals surface area contributed by atoms with Crippen LogP contribution >= 0.6 is 11.6 Å². The predicted octanol–water partition coefficient (Wildman–Crippen LogP) is 2.53. The zero-order valence-electron chi connectivity index (χ0n) is 12.7. The number of carboxylic acid groups (broad SMARTS) is 1. The molecule has 0 spiro atoms. The standard InChI is InChI=1S/C11H20ClFN2O.C2HF3O2/c1-9(15-7-3-2-4-8-15)5-6-14-11(16)10(12)13;3-2(4,5)1(6)7/h9-10H,2-8H2,1H3,(H,14,16);(H,6,7). The Morgan fingerprint density at radius 1 is 1.26 bits per heavy atom. The van der Waals surface area contributed by atoms with E-state index in [0.29, 0.717) is 12.6 Å². The van der Waals surface area contributed by atoms with Crippen molar-refractivity contribution in [2.45, 2.75) is 50.5 Å². The Morgan fingerprint density at radius 3 is 2.13 bits per heavy atom. The molecule has 0 aliphatic carbocycles. The second-order valence-electron chi connectivity index (χ2n) is 5.13. The summed E-state index contributed by atoms with van der Waals surface area (Å²) in [6.45, 7) is 4.90. The van der Waals surface area contributed by atoms with Gasteiger partial charge in [0, 0.05) is 12.6 Å². The molecule has 23 heavy (non-hydrogen) atoms. The molecule has 1 rings (SSSR count). The van der Waals surface area contributed by atoms with Crippen molar-refractivity contribution in [1.29, 1.82) is 0 Å². The number of piperidine rings is 1. The fraction of sp³-hybridized carbons (Fsp3) is 0.846. The molecule has 10 heteroatoms. The largest absolute Gasteiger partial charge is 0.490 e. The minimum atomic E-state index is -5.08. The Morgan fingerprint density at radius 2 is 1.74 bits per heavy atom. The number of hydrogen-bond donors (Lipinski definition) is 2. The van der Waals surface area contributed by atoms with E-state index in [2.05, 4.69) is 17.1 Å². The quantitative estimate of drug-likeness (QED) is 0.581. The summed E-state index contributed by atoms with van der Waals surface area (Å²) in [6.07, 6.45) is -0.416. The Balaban J connectivity index is 0.000000585. The van der Waals surface area contributed by atoms with Gasteiger partial charge in [-0.3, -0.25) is 4.79 Å². The monoisotopic (exact) mass is 364 g/mol. The molecular formula is C13H21ClF4N2O3. The van der Waals surface area contributed by atoms with E-state index in [0.717, 1.165) is 19.5 Å². The Hall–Kier alpha value is -1.09. The summed E-state index contributed by atoms with van der Waals surface area (Å²) in [6, 6.07) is 0.439. The summed E-state index contributed by atoms with van der Waals surface area (Å²) in [5, 5.41) is 9.60. The number of alkyl halides is 5. The first-order valence-electron chi connectivity index (χ1n) is 7.15. The molecule has 5 nitrogen and oxygen atoms in total. The maximum Gasteiger partial charge on any atom is 0.490 e. The van der Waals surface area contributed by atoms with Crippen molar-refractivity contribution in [2.75, 3.05) is 19.6 Å². The normalized spacial score (nSPS) is 18.3. The molecular weight excluding hydrogens is 344 g/mol. The van der Waals surface area contributed by atoms with E-state index in [9.17, 15) is 22.4 Å². The number of carboxylic acids is 1. The van der Waals surface area contributed by atoms with Crippen molar-refractivity contribution in [3.05, 3.63) is 0 Å². The number of likely N-dealkylation sites (tertiary alicyclic amines) is 1. The first-order chi connectivity index (χ1) is 10.6. The van der Waals surface area contributed by atoms with Crippen LogP contribution in [0.15, 0.2) is 0 Å². The van der Waals surface area contributed by atoms with Crippen molar-refractivity contribution in [2.24, 2.45) is 0 Å². The summed E-state index contributed by atoms with van der Waals surface area (Å²) in [5.41, 5.74) is -1.93. The van der Waals surface area contributed by atoms with Gasteiger partial charge in [-0.05, 0) is 39.3 Å². The smallest absolute Gasteiger partial charge is 0.475 e. The van der Waals surface area contributed by atoms with Crippen LogP contribution in [0.3, 0.4) is 0 Å². The number of aliphatic carboxylic acids is 1. The third-order valence-corrected chi connectivity index (χ3v) is 3.51. The van der Waals surface area contributed by atoms with Crippen LogP contribution in [0, 0.1) is 0 Å². The van der Waals surface area contributed by atoms with Gasteiger partial charge in [-0.15, -0.1) is 0 Å². The molecule has 1 fully saturated rings. The topological polar surface area (TPSA) is 69.6 Å². The number of carbonyl (C=O) groups excluding carboxylic acids is 1. The van der Waals surface area contributed by atoms with Crippen molar-refractivity contribution in [3.63, 3.8) is 0 Å². The average Bonchev–Trinajstić information content (AvgIpc) is 2.47. The molecule has 0 radical (unpaired) electrons. The lowest BCUT2D eigenvalue weighted by atomic mass is 10.1. The molecule has 136 valence electrons. The second-order valence-corrected chi connectivity index (χ2v) is 5.51. The van der Waals surface area contributed by atoms with Gasteiger partial charge >= 0.3 is 12.1 Å². The van der Waals surface area contributed by atoms with Crippen molar-refractivity contribution < 1.29 is 32.3 Å². The van der Waals surface area contributed by atoms with Crippen LogP contribution in [0.1, 0.15) is 32.6 Å². The number of rotatable bonds is 5. The fourth-order valence-corrected chi connectivity index (χ4v) is 2.10. The summed E-state index contributed by atoms with van der Waals surface area (Å²) in [7, 11) is 0. The molecule has 0 aromatic heterocycles. The number of carbonyl (C=O) groups is 2. The molecule has 1 amide bonds. The summed E-state index contributed by atoms with van der Waals surface area (Å²) in [4.78, 5) is 22.2. The first kappa shape index (κ1) is 21.9. The van der Waals surface area contributed by atoms with E-state index >= 15 is 0 Å². The lowest BCUT2D eigenvalue weighted by molar-refractivity contribution is -0.192. The molecule has 0 aromatic rings. The lowest BCUT2D eigenvalue weighted by Crippen LogP contribution is -2.40. The number of halogens is 5. The highest BCUT2D eigenvalue weighted by atomic mass is 35.5. The first-order valence-corrected chi connectivity index (χ1v) is 7.59. The fourth-order valence-electron chi connectivity index (χ4n) is 2.02. The third kappa shape index (κ3) is 10.3.